The predicted octanol–water partition coefficient (Wildman–Crippen LogP) is 5.72. The van der Waals surface area contributed by atoms with Crippen LogP contribution in [-0.4, -0.2) is 36.3 Å². The molecule has 0 N–H and O–H groups in total. The standard InChI is InChI=1S/C16H13Cl6N3O3/c1-26-9-7-11(28-3)10(27-2)6-8(9)4-5-12-23-13(15(17,18)19)25-14(24-12)16(20,21)22/h4-7H,1-3H3/b5-4+. The van der Waals surface area contributed by atoms with Gasteiger partial charge in [-0.2, -0.15) is 0 Å². The second-order valence-electron chi connectivity index (χ2n) is 5.12. The normalized spacial score (nSPS) is 12.3. The van der Waals surface area contributed by atoms with Crippen molar-refractivity contribution in [1.82, 2.24) is 15.0 Å². The van der Waals surface area contributed by atoms with Gasteiger partial charge in [0.2, 0.25) is 7.59 Å². The number of hydrogen-bond acceptors (Lipinski definition) is 6. The molecule has 0 aliphatic rings. The summed E-state index contributed by atoms with van der Waals surface area (Å²) in [4.78, 5) is 12.1. The van der Waals surface area contributed by atoms with Crippen molar-refractivity contribution in [3.63, 3.8) is 0 Å². The minimum Gasteiger partial charge on any atom is -0.496 e. The van der Waals surface area contributed by atoms with E-state index in [9.17, 15) is 0 Å². The topological polar surface area (TPSA) is 66.4 Å². The van der Waals surface area contributed by atoms with Gasteiger partial charge in [-0.15, -0.1) is 0 Å². The molecule has 0 spiro atoms. The Morgan fingerprint density at radius 1 is 0.679 bits per heavy atom. The molecule has 2 aromatic rings. The van der Waals surface area contributed by atoms with Gasteiger partial charge in [0, 0.05) is 11.6 Å². The van der Waals surface area contributed by atoms with Gasteiger partial charge < -0.3 is 14.2 Å². The lowest BCUT2D eigenvalue weighted by atomic mass is 10.1. The van der Waals surface area contributed by atoms with E-state index in [4.69, 9.17) is 83.8 Å². The maximum absolute atomic E-state index is 5.86. The second kappa shape index (κ2) is 9.28. The van der Waals surface area contributed by atoms with Crippen LogP contribution in [0.25, 0.3) is 12.2 Å². The Bertz CT molecular complexity index is 849. The average Bonchev–Trinajstić information content (AvgIpc) is 2.63. The molecule has 0 amide bonds. The Labute approximate surface area is 191 Å². The zero-order valence-electron chi connectivity index (χ0n) is 14.6. The van der Waals surface area contributed by atoms with Gasteiger partial charge in [0.05, 0.1) is 21.3 Å². The Morgan fingerprint density at radius 2 is 1.14 bits per heavy atom. The zero-order valence-corrected chi connectivity index (χ0v) is 19.2. The molecule has 1 heterocycles. The van der Waals surface area contributed by atoms with Crippen molar-refractivity contribution in [1.29, 1.82) is 0 Å². The molecule has 12 heteroatoms. The molecule has 28 heavy (non-hydrogen) atoms. The summed E-state index contributed by atoms with van der Waals surface area (Å²) >= 11 is 35.2. The van der Waals surface area contributed by atoms with Crippen LogP contribution in [0.2, 0.25) is 0 Å². The lowest BCUT2D eigenvalue weighted by Crippen LogP contribution is -2.16. The molecule has 0 radical (unpaired) electrons. The van der Waals surface area contributed by atoms with E-state index >= 15 is 0 Å². The number of methoxy groups -OCH3 is 3. The summed E-state index contributed by atoms with van der Waals surface area (Å²) in [6, 6.07) is 3.38. The number of hydrogen-bond donors (Lipinski definition) is 0. The quantitative estimate of drug-likeness (QED) is 0.482. The molecule has 0 atom stereocenters. The third-order valence-electron chi connectivity index (χ3n) is 3.31. The van der Waals surface area contributed by atoms with Gasteiger partial charge in [-0.1, -0.05) is 69.6 Å². The lowest BCUT2D eigenvalue weighted by molar-refractivity contribution is 0.348. The summed E-state index contributed by atoms with van der Waals surface area (Å²) in [5.41, 5.74) is 0.645. The van der Waals surface area contributed by atoms with Gasteiger partial charge >= 0.3 is 0 Å². The number of aromatic nitrogens is 3. The Hall–Kier alpha value is -0.890. The highest BCUT2D eigenvalue weighted by molar-refractivity contribution is 6.67. The lowest BCUT2D eigenvalue weighted by Gasteiger charge is -2.14. The summed E-state index contributed by atoms with van der Waals surface area (Å²) in [5, 5.41) is 0. The van der Waals surface area contributed by atoms with Crippen LogP contribution in [0.1, 0.15) is 23.0 Å². The Morgan fingerprint density at radius 3 is 1.57 bits per heavy atom. The SMILES string of the molecule is COc1cc(OC)c(OC)cc1/C=C/c1nc(C(Cl)(Cl)Cl)nc(C(Cl)(Cl)Cl)n1. The number of halogens is 6. The third kappa shape index (κ3) is 5.81. The van der Waals surface area contributed by atoms with Crippen molar-refractivity contribution in [3.8, 4) is 17.2 Å². The molecule has 0 unspecified atom stereocenters. The van der Waals surface area contributed by atoms with Crippen molar-refractivity contribution >= 4 is 81.8 Å². The summed E-state index contributed by atoms with van der Waals surface area (Å²) < 4.78 is 12.0. The summed E-state index contributed by atoms with van der Waals surface area (Å²) in [7, 11) is 4.56. The van der Waals surface area contributed by atoms with Gasteiger partial charge in [-0.3, -0.25) is 0 Å². The molecule has 0 saturated heterocycles. The molecule has 0 saturated carbocycles. The summed E-state index contributed by atoms with van der Waals surface area (Å²) in [5.74, 6) is 1.26. The van der Waals surface area contributed by atoms with Crippen molar-refractivity contribution in [2.24, 2.45) is 0 Å². The van der Waals surface area contributed by atoms with Gasteiger partial charge in [0.15, 0.2) is 29.0 Å². The highest BCUT2D eigenvalue weighted by atomic mass is 35.6. The van der Waals surface area contributed by atoms with E-state index in [0.29, 0.717) is 22.8 Å². The number of ether oxygens (including phenoxy) is 3. The van der Waals surface area contributed by atoms with Crippen LogP contribution in [-0.2, 0) is 7.59 Å². The van der Waals surface area contributed by atoms with Gasteiger partial charge in [0.1, 0.15) is 5.75 Å². The molecule has 1 aromatic heterocycles. The molecule has 2 rings (SSSR count). The first-order valence-corrected chi connectivity index (χ1v) is 9.65. The molecule has 0 aliphatic carbocycles. The highest BCUT2D eigenvalue weighted by Crippen LogP contribution is 2.40. The Kier molecular flexibility index (Phi) is 7.76. The summed E-state index contributed by atoms with van der Waals surface area (Å²) in [6.45, 7) is 0. The van der Waals surface area contributed by atoms with Crippen LogP contribution in [0.3, 0.4) is 0 Å². The minimum atomic E-state index is -1.93. The second-order valence-corrected chi connectivity index (χ2v) is 9.68. The molecular weight excluding hydrogens is 495 g/mol. The number of benzene rings is 1. The third-order valence-corrected chi connectivity index (χ3v) is 4.32. The van der Waals surface area contributed by atoms with E-state index in [1.807, 2.05) is 0 Å². The first kappa shape index (κ1) is 23.4. The van der Waals surface area contributed by atoms with Crippen molar-refractivity contribution in [2.45, 2.75) is 7.59 Å². The van der Waals surface area contributed by atoms with E-state index in [1.165, 1.54) is 27.4 Å². The van der Waals surface area contributed by atoms with Crippen molar-refractivity contribution in [2.75, 3.05) is 21.3 Å². The minimum absolute atomic E-state index is 0.106. The maximum Gasteiger partial charge on any atom is 0.250 e. The van der Waals surface area contributed by atoms with Crippen LogP contribution in [0, 0.1) is 0 Å². The molecule has 152 valence electrons. The Balaban J connectivity index is 2.54. The van der Waals surface area contributed by atoms with Gasteiger partial charge in [-0.25, -0.2) is 15.0 Å². The number of nitrogens with zero attached hydrogens (tertiary/aromatic N) is 3. The van der Waals surface area contributed by atoms with Crippen molar-refractivity contribution in [3.05, 3.63) is 35.2 Å². The maximum atomic E-state index is 5.86. The van der Waals surface area contributed by atoms with E-state index in [-0.39, 0.29) is 17.5 Å². The predicted molar refractivity (Wildman–Crippen MR) is 113 cm³/mol. The molecule has 6 nitrogen and oxygen atoms in total. The molecule has 0 aliphatic heterocycles. The van der Waals surface area contributed by atoms with Crippen LogP contribution < -0.4 is 14.2 Å². The number of rotatable bonds is 5. The largest absolute Gasteiger partial charge is 0.496 e. The zero-order chi connectivity index (χ0) is 21.1. The summed E-state index contributed by atoms with van der Waals surface area (Å²) in [6.07, 6.45) is 3.17. The van der Waals surface area contributed by atoms with E-state index in [1.54, 1.807) is 18.2 Å². The van der Waals surface area contributed by atoms with Gasteiger partial charge in [-0.05, 0) is 18.2 Å². The fourth-order valence-electron chi connectivity index (χ4n) is 2.07. The van der Waals surface area contributed by atoms with Crippen molar-refractivity contribution < 1.29 is 14.2 Å². The van der Waals surface area contributed by atoms with E-state index in [2.05, 4.69) is 15.0 Å². The fraction of sp³-hybridized carbons (Fsp3) is 0.312. The smallest absolute Gasteiger partial charge is 0.250 e. The van der Waals surface area contributed by atoms with Crippen LogP contribution in [0.15, 0.2) is 12.1 Å². The monoisotopic (exact) mass is 505 g/mol. The van der Waals surface area contributed by atoms with Gasteiger partial charge in [0.25, 0.3) is 0 Å². The van der Waals surface area contributed by atoms with E-state index < -0.39 is 7.59 Å². The van der Waals surface area contributed by atoms with Crippen LogP contribution in [0.4, 0.5) is 0 Å². The number of alkyl halides is 6. The van der Waals surface area contributed by atoms with Crippen LogP contribution in [0.5, 0.6) is 17.2 Å². The highest BCUT2D eigenvalue weighted by Gasteiger charge is 2.33. The molecule has 1 aromatic carbocycles. The van der Waals surface area contributed by atoms with E-state index in [0.717, 1.165) is 0 Å². The first-order chi connectivity index (χ1) is 13.0. The van der Waals surface area contributed by atoms with Crippen LogP contribution >= 0.6 is 69.6 Å². The molecule has 0 fully saturated rings. The average molecular weight is 508 g/mol. The fourth-order valence-corrected chi connectivity index (χ4v) is 2.57. The molecule has 0 bridgehead atoms. The first-order valence-electron chi connectivity index (χ1n) is 7.38. The molecular formula is C16H13Cl6N3O3.